The molecule has 4 aromatic carbocycles. The molecule has 164 valence electrons. The molecule has 1 aliphatic rings. The molecule has 0 aliphatic heterocycles. The normalized spacial score (nSPS) is 12.1. The molecule has 5 nitrogen and oxygen atoms in total. The van der Waals surface area contributed by atoms with Gasteiger partial charge >= 0.3 is 0 Å². The zero-order valence-electron chi connectivity index (χ0n) is 17.8. The van der Waals surface area contributed by atoms with E-state index in [4.69, 9.17) is 9.47 Å². The Balaban J connectivity index is 1.90. The summed E-state index contributed by atoms with van der Waals surface area (Å²) >= 11 is 0. The summed E-state index contributed by atoms with van der Waals surface area (Å²) in [5, 5.41) is 19.0. The number of carbonyl (C=O) groups is 1. The molecule has 0 radical (unpaired) electrons. The minimum atomic E-state index is -0.471. The van der Waals surface area contributed by atoms with E-state index >= 15 is 0 Å². The maximum atomic E-state index is 13.8. The van der Waals surface area contributed by atoms with Crippen molar-refractivity contribution in [2.75, 3.05) is 13.6 Å². The smallest absolute Gasteiger partial charge is 0.194 e. The van der Waals surface area contributed by atoms with Gasteiger partial charge in [0.25, 0.3) is 0 Å². The third kappa shape index (κ3) is 3.67. The Labute approximate surface area is 191 Å². The summed E-state index contributed by atoms with van der Waals surface area (Å²) in [6, 6.07) is 26.3. The van der Waals surface area contributed by atoms with Crippen molar-refractivity contribution in [1.29, 1.82) is 0 Å². The lowest BCUT2D eigenvalue weighted by atomic mass is 9.83. The lowest BCUT2D eigenvalue weighted by Gasteiger charge is -2.23. The Hall–Kier alpha value is -3.93. The molecule has 5 rings (SSSR count). The van der Waals surface area contributed by atoms with Gasteiger partial charge in [0.2, 0.25) is 0 Å². The third-order valence-corrected chi connectivity index (χ3v) is 5.98. The number of carbonyl (C=O) groups excluding carboxylic acids is 1. The van der Waals surface area contributed by atoms with Crippen molar-refractivity contribution in [1.82, 2.24) is 0 Å². The quantitative estimate of drug-likeness (QED) is 0.394. The third-order valence-electron chi connectivity index (χ3n) is 5.98. The van der Waals surface area contributed by atoms with Crippen LogP contribution in [-0.4, -0.2) is 29.6 Å². The van der Waals surface area contributed by atoms with Crippen LogP contribution in [-0.2, 0) is 6.42 Å². The van der Waals surface area contributed by atoms with E-state index in [9.17, 15) is 15.0 Å². The van der Waals surface area contributed by atoms with Crippen LogP contribution >= 0.6 is 0 Å². The van der Waals surface area contributed by atoms with Crippen LogP contribution in [0.15, 0.2) is 84.9 Å². The minimum absolute atomic E-state index is 0.0815. The first-order chi connectivity index (χ1) is 16.2. The summed E-state index contributed by atoms with van der Waals surface area (Å²) in [5.41, 5.74) is 6.10. The number of ether oxygens (including phenoxy) is 2. The second kappa shape index (κ2) is 8.90. The van der Waals surface area contributed by atoms with Crippen LogP contribution in [0.1, 0.15) is 27.0 Å². The van der Waals surface area contributed by atoms with Crippen molar-refractivity contribution in [3.05, 3.63) is 107 Å². The van der Waals surface area contributed by atoms with Crippen LogP contribution in [0, 0.1) is 0 Å². The first-order valence-corrected chi connectivity index (χ1v) is 10.7. The summed E-state index contributed by atoms with van der Waals surface area (Å²) in [4.78, 5) is 13.8. The number of aliphatic hydroxyl groups is 2. The number of fused-ring (bicyclic) bond motifs is 6. The zero-order chi connectivity index (χ0) is 22.8. The Morgan fingerprint density at radius 3 is 1.36 bits per heavy atom. The Morgan fingerprint density at radius 1 is 0.545 bits per heavy atom. The van der Waals surface area contributed by atoms with Crippen LogP contribution in [0.5, 0.6) is 11.5 Å². The summed E-state index contributed by atoms with van der Waals surface area (Å²) in [5.74, 6) is 0.966. The van der Waals surface area contributed by atoms with Crippen LogP contribution < -0.4 is 9.47 Å². The Kier molecular flexibility index (Phi) is 5.65. The van der Waals surface area contributed by atoms with E-state index in [1.165, 1.54) is 0 Å². The van der Waals surface area contributed by atoms with Gasteiger partial charge < -0.3 is 19.7 Å². The van der Waals surface area contributed by atoms with E-state index in [0.29, 0.717) is 29.0 Å². The Bertz CT molecular complexity index is 1240. The van der Waals surface area contributed by atoms with E-state index in [0.717, 1.165) is 33.4 Å². The first-order valence-electron chi connectivity index (χ1n) is 10.7. The van der Waals surface area contributed by atoms with Gasteiger partial charge in [-0.15, -0.1) is 0 Å². The molecule has 0 unspecified atom stereocenters. The van der Waals surface area contributed by atoms with Crippen molar-refractivity contribution >= 4 is 5.78 Å². The summed E-state index contributed by atoms with van der Waals surface area (Å²) in [6.45, 7) is -0.941. The van der Waals surface area contributed by atoms with Gasteiger partial charge in [-0.25, -0.2) is 0 Å². The summed E-state index contributed by atoms with van der Waals surface area (Å²) in [6.07, 6.45) is 0.411. The van der Waals surface area contributed by atoms with Crippen LogP contribution in [0.4, 0.5) is 0 Å². The molecule has 0 spiro atoms. The molecule has 33 heavy (non-hydrogen) atoms. The highest BCUT2D eigenvalue weighted by molar-refractivity contribution is 6.16. The molecule has 4 aromatic rings. The van der Waals surface area contributed by atoms with Gasteiger partial charge in [-0.3, -0.25) is 4.79 Å². The lowest BCUT2D eigenvalue weighted by molar-refractivity contribution is 0.0968. The van der Waals surface area contributed by atoms with E-state index in [-0.39, 0.29) is 5.78 Å². The predicted octanol–water partition coefficient (Wildman–Crippen LogP) is 4.81. The maximum Gasteiger partial charge on any atom is 0.194 e. The van der Waals surface area contributed by atoms with Crippen LogP contribution in [0.3, 0.4) is 0 Å². The number of aliphatic hydroxyl groups excluding tert-OH is 2. The zero-order valence-corrected chi connectivity index (χ0v) is 17.8. The van der Waals surface area contributed by atoms with E-state index < -0.39 is 13.6 Å². The predicted molar refractivity (Wildman–Crippen MR) is 125 cm³/mol. The molecule has 0 heterocycles. The van der Waals surface area contributed by atoms with E-state index in [1.807, 2.05) is 72.8 Å². The molecule has 0 saturated heterocycles. The second-order valence-electron chi connectivity index (χ2n) is 7.71. The molecule has 5 heteroatoms. The molecule has 0 atom stereocenters. The van der Waals surface area contributed by atoms with Crippen LogP contribution in [0.25, 0.3) is 22.3 Å². The first kappa shape index (κ1) is 20.9. The fraction of sp³-hybridized carbons (Fsp3) is 0.107. The standard InChI is InChI=1S/C28H22O5/c29-16-32-26-13-5-11-20-18-7-1-3-9-22(18)28(31)23-10-4-2-8-19(23)21-12-6-14-27(33-17-30)25(21)15-24(20)26/h1-14,29-30H,15-17H2. The van der Waals surface area contributed by atoms with Gasteiger partial charge in [0.1, 0.15) is 11.5 Å². The van der Waals surface area contributed by atoms with Crippen LogP contribution in [0.2, 0.25) is 0 Å². The minimum Gasteiger partial charge on any atom is -0.467 e. The maximum absolute atomic E-state index is 13.8. The average Bonchev–Trinajstić information content (AvgIpc) is 2.85. The molecular formula is C28H22O5. The number of benzene rings is 4. The summed E-state index contributed by atoms with van der Waals surface area (Å²) in [7, 11) is 0. The molecule has 1 aliphatic carbocycles. The highest BCUT2D eigenvalue weighted by atomic mass is 16.6. The molecule has 0 fully saturated rings. The van der Waals surface area contributed by atoms with Gasteiger partial charge in [-0.2, -0.15) is 0 Å². The monoisotopic (exact) mass is 438 g/mol. The van der Waals surface area contributed by atoms with Crippen molar-refractivity contribution in [2.45, 2.75) is 6.42 Å². The van der Waals surface area contributed by atoms with Gasteiger partial charge in [0.05, 0.1) is 0 Å². The SMILES string of the molecule is O=C1c2ccccc2-c2cccc(OCO)c2Cc2c(OCO)cccc2-c2ccccc21. The van der Waals surface area contributed by atoms with Gasteiger partial charge in [0, 0.05) is 28.7 Å². The Morgan fingerprint density at radius 2 is 0.939 bits per heavy atom. The summed E-state index contributed by atoms with van der Waals surface area (Å²) < 4.78 is 11.2. The van der Waals surface area contributed by atoms with Crippen molar-refractivity contribution in [3.63, 3.8) is 0 Å². The molecule has 0 saturated carbocycles. The molecule has 0 aromatic heterocycles. The average molecular weight is 438 g/mol. The van der Waals surface area contributed by atoms with Crippen molar-refractivity contribution in [2.24, 2.45) is 0 Å². The van der Waals surface area contributed by atoms with E-state index in [2.05, 4.69) is 0 Å². The molecular weight excluding hydrogens is 416 g/mol. The topological polar surface area (TPSA) is 76.0 Å². The van der Waals surface area contributed by atoms with E-state index in [1.54, 1.807) is 12.1 Å². The number of rotatable bonds is 4. The molecule has 0 amide bonds. The lowest BCUT2D eigenvalue weighted by Crippen LogP contribution is -2.11. The fourth-order valence-corrected chi connectivity index (χ4v) is 4.56. The molecule has 0 bridgehead atoms. The van der Waals surface area contributed by atoms with Crippen molar-refractivity contribution < 1.29 is 24.5 Å². The highest BCUT2D eigenvalue weighted by Gasteiger charge is 2.25. The largest absolute Gasteiger partial charge is 0.467 e. The van der Waals surface area contributed by atoms with Crippen molar-refractivity contribution in [3.8, 4) is 33.8 Å². The van der Waals surface area contributed by atoms with Gasteiger partial charge in [0.15, 0.2) is 19.4 Å². The van der Waals surface area contributed by atoms with Gasteiger partial charge in [-0.1, -0.05) is 72.8 Å². The fourth-order valence-electron chi connectivity index (χ4n) is 4.56. The molecule has 2 N–H and O–H groups in total. The second-order valence-corrected chi connectivity index (χ2v) is 7.71. The highest BCUT2D eigenvalue weighted by Crippen LogP contribution is 2.42. The number of hydrogen-bond donors (Lipinski definition) is 2. The van der Waals surface area contributed by atoms with Gasteiger partial charge in [-0.05, 0) is 34.4 Å². The number of hydrogen-bond acceptors (Lipinski definition) is 5. The number of ketones is 1.